The molecule has 2 aromatic rings. The third kappa shape index (κ3) is 3.92. The summed E-state index contributed by atoms with van der Waals surface area (Å²) in [5.74, 6) is 1.62. The average Bonchev–Trinajstić information content (AvgIpc) is 2.66. The summed E-state index contributed by atoms with van der Waals surface area (Å²) >= 11 is 0. The molecule has 6 nitrogen and oxygen atoms in total. The number of hydrazone groups is 1. The Hall–Kier alpha value is -2.99. The molecule has 1 heterocycles. The maximum Gasteiger partial charge on any atom is 0.282 e. The summed E-state index contributed by atoms with van der Waals surface area (Å²) in [4.78, 5) is 5.55. The number of rotatable bonds is 7. The van der Waals surface area contributed by atoms with Gasteiger partial charge in [0.15, 0.2) is 0 Å². The first kappa shape index (κ1) is 16.9. The Balaban J connectivity index is 2.04. The molecule has 0 bridgehead atoms. The first-order valence-corrected chi connectivity index (χ1v) is 8.25. The van der Waals surface area contributed by atoms with E-state index < -0.39 is 0 Å². The first-order valence-electron chi connectivity index (χ1n) is 8.25. The van der Waals surface area contributed by atoms with Gasteiger partial charge in [-0.25, -0.2) is 4.84 Å². The molecule has 0 saturated carbocycles. The van der Waals surface area contributed by atoms with Crippen LogP contribution in [0.3, 0.4) is 0 Å². The molecule has 1 N–H and O–H groups in total. The lowest BCUT2D eigenvalue weighted by atomic mass is 10.1. The van der Waals surface area contributed by atoms with Crippen LogP contribution < -0.4 is 10.3 Å². The molecular weight excluding hydrogens is 318 g/mol. The van der Waals surface area contributed by atoms with E-state index in [1.165, 1.54) is 5.17 Å². The molecule has 130 valence electrons. The molecular formula is C19H21N3O3. The topological polar surface area (TPSA) is 55.3 Å². The minimum absolute atomic E-state index is 0.432. The molecule has 0 spiro atoms. The number of allylic oxidation sites excluding steroid dienone is 1. The Morgan fingerprint density at radius 3 is 2.24 bits per heavy atom. The van der Waals surface area contributed by atoms with Crippen molar-refractivity contribution in [3.8, 4) is 5.75 Å². The quantitative estimate of drug-likeness (QED) is 0.837. The Kier molecular flexibility index (Phi) is 5.53. The van der Waals surface area contributed by atoms with Crippen LogP contribution in [-0.2, 0) is 9.57 Å². The fourth-order valence-electron chi connectivity index (χ4n) is 2.35. The zero-order chi connectivity index (χ0) is 17.5. The number of hydrogen-bond acceptors (Lipinski definition) is 6. The van der Waals surface area contributed by atoms with Crippen LogP contribution in [-0.4, -0.2) is 24.1 Å². The summed E-state index contributed by atoms with van der Waals surface area (Å²) in [6.07, 6.45) is 0. The van der Waals surface area contributed by atoms with Gasteiger partial charge >= 0.3 is 0 Å². The van der Waals surface area contributed by atoms with E-state index in [1.54, 1.807) is 0 Å². The molecule has 0 aromatic heterocycles. The molecule has 0 atom stereocenters. The Labute approximate surface area is 147 Å². The fourth-order valence-corrected chi connectivity index (χ4v) is 2.35. The van der Waals surface area contributed by atoms with Gasteiger partial charge in [0, 0.05) is 5.56 Å². The highest BCUT2D eigenvalue weighted by molar-refractivity contribution is 6.12. The number of hydroxylamine groups is 1. The van der Waals surface area contributed by atoms with Crippen molar-refractivity contribution in [1.82, 2.24) is 10.7 Å². The van der Waals surface area contributed by atoms with Crippen molar-refractivity contribution in [2.24, 2.45) is 5.10 Å². The van der Waals surface area contributed by atoms with Crippen molar-refractivity contribution in [1.29, 1.82) is 0 Å². The zero-order valence-corrected chi connectivity index (χ0v) is 14.3. The third-order valence-corrected chi connectivity index (χ3v) is 3.40. The van der Waals surface area contributed by atoms with Crippen LogP contribution in [0.15, 0.2) is 77.4 Å². The van der Waals surface area contributed by atoms with Crippen LogP contribution in [0.2, 0.25) is 0 Å². The Morgan fingerprint density at radius 1 is 0.920 bits per heavy atom. The molecule has 2 aromatic carbocycles. The lowest BCUT2D eigenvalue weighted by Crippen LogP contribution is -2.42. The largest absolute Gasteiger partial charge is 0.474 e. The van der Waals surface area contributed by atoms with Crippen molar-refractivity contribution in [3.63, 3.8) is 0 Å². The van der Waals surface area contributed by atoms with Gasteiger partial charge in [-0.3, -0.25) is 0 Å². The lowest BCUT2D eigenvalue weighted by molar-refractivity contribution is -0.200. The average molecular weight is 339 g/mol. The van der Waals surface area contributed by atoms with E-state index in [9.17, 15) is 0 Å². The Morgan fingerprint density at radius 2 is 1.60 bits per heavy atom. The standard InChI is InChI=1S/C19H21N3O3/c1-3-23-19-18(25-16-13-9-6-10-14-16)17(15-11-7-5-8-12-15)20-21-22(19)24-4-2/h5-14,21H,3-4H2,1-2H3. The maximum atomic E-state index is 6.13. The number of nitrogens with zero attached hydrogens (tertiary/aromatic N) is 2. The second-order valence-electron chi connectivity index (χ2n) is 5.12. The molecule has 6 heteroatoms. The fraction of sp³-hybridized carbons (Fsp3) is 0.211. The van der Waals surface area contributed by atoms with Gasteiger partial charge < -0.3 is 9.47 Å². The number of para-hydroxylation sites is 1. The number of hydrazine groups is 1. The van der Waals surface area contributed by atoms with Gasteiger partial charge in [-0.2, -0.15) is 10.6 Å². The molecule has 0 unspecified atom stereocenters. The predicted molar refractivity (Wildman–Crippen MR) is 95.3 cm³/mol. The van der Waals surface area contributed by atoms with Gasteiger partial charge in [-0.05, 0) is 26.0 Å². The van der Waals surface area contributed by atoms with Crippen LogP contribution in [0, 0.1) is 0 Å². The molecule has 1 aliphatic rings. The molecule has 0 fully saturated rings. The molecule has 25 heavy (non-hydrogen) atoms. The lowest BCUT2D eigenvalue weighted by Gasteiger charge is -2.30. The first-order chi connectivity index (χ1) is 12.3. The minimum Gasteiger partial charge on any atom is -0.474 e. The number of nitrogens with one attached hydrogen (secondary N) is 1. The van der Waals surface area contributed by atoms with Gasteiger partial charge in [0.05, 0.1) is 13.2 Å². The van der Waals surface area contributed by atoms with E-state index in [0.717, 1.165) is 5.56 Å². The van der Waals surface area contributed by atoms with Gasteiger partial charge in [0.2, 0.25) is 5.76 Å². The second-order valence-corrected chi connectivity index (χ2v) is 5.12. The maximum absolute atomic E-state index is 6.13. The Bertz CT molecular complexity index is 745. The van der Waals surface area contributed by atoms with Crippen LogP contribution in [0.4, 0.5) is 0 Å². The smallest absolute Gasteiger partial charge is 0.282 e. The summed E-state index contributed by atoms with van der Waals surface area (Å²) in [5.41, 5.74) is 4.41. The summed E-state index contributed by atoms with van der Waals surface area (Å²) in [7, 11) is 0. The van der Waals surface area contributed by atoms with Crippen LogP contribution in [0.1, 0.15) is 19.4 Å². The van der Waals surface area contributed by atoms with Gasteiger partial charge in [0.25, 0.3) is 5.88 Å². The molecule has 0 radical (unpaired) electrons. The summed E-state index contributed by atoms with van der Waals surface area (Å²) < 4.78 is 11.9. The molecule has 1 aliphatic heterocycles. The van der Waals surface area contributed by atoms with Gasteiger partial charge in [-0.1, -0.05) is 48.5 Å². The summed E-state index contributed by atoms with van der Waals surface area (Å²) in [6.45, 7) is 4.72. The van der Waals surface area contributed by atoms with E-state index >= 15 is 0 Å². The number of hydrogen-bond donors (Lipinski definition) is 1. The van der Waals surface area contributed by atoms with Gasteiger partial charge in [0.1, 0.15) is 11.5 Å². The monoisotopic (exact) mass is 339 g/mol. The highest BCUT2D eigenvalue weighted by atomic mass is 16.7. The zero-order valence-electron chi connectivity index (χ0n) is 14.3. The van der Waals surface area contributed by atoms with Crippen molar-refractivity contribution >= 4 is 5.71 Å². The van der Waals surface area contributed by atoms with E-state index in [1.807, 2.05) is 74.5 Å². The SMILES string of the molecule is CCOC1=C(Oc2ccccc2)C(c2ccccc2)=NNN1OCC. The van der Waals surface area contributed by atoms with E-state index in [2.05, 4.69) is 10.6 Å². The van der Waals surface area contributed by atoms with E-state index in [4.69, 9.17) is 14.3 Å². The highest BCUT2D eigenvalue weighted by Crippen LogP contribution is 2.24. The van der Waals surface area contributed by atoms with Crippen LogP contribution in [0.25, 0.3) is 0 Å². The van der Waals surface area contributed by atoms with E-state index in [0.29, 0.717) is 36.3 Å². The third-order valence-electron chi connectivity index (χ3n) is 3.40. The van der Waals surface area contributed by atoms with Crippen molar-refractivity contribution < 1.29 is 14.3 Å². The normalized spacial score (nSPS) is 14.0. The molecule has 0 aliphatic carbocycles. The van der Waals surface area contributed by atoms with Crippen molar-refractivity contribution in [3.05, 3.63) is 77.9 Å². The van der Waals surface area contributed by atoms with Crippen molar-refractivity contribution in [2.45, 2.75) is 13.8 Å². The predicted octanol–water partition coefficient (Wildman–Crippen LogP) is 3.45. The van der Waals surface area contributed by atoms with Gasteiger partial charge in [-0.15, -0.1) is 5.17 Å². The number of benzene rings is 2. The molecule has 0 amide bonds. The minimum atomic E-state index is 0.432. The molecule has 3 rings (SSSR count). The van der Waals surface area contributed by atoms with E-state index in [-0.39, 0.29) is 0 Å². The van der Waals surface area contributed by atoms with Crippen molar-refractivity contribution in [2.75, 3.05) is 13.2 Å². The van der Waals surface area contributed by atoms with Crippen LogP contribution >= 0.6 is 0 Å². The second kappa shape index (κ2) is 8.21. The highest BCUT2D eigenvalue weighted by Gasteiger charge is 2.29. The summed E-state index contributed by atoms with van der Waals surface area (Å²) in [6, 6.07) is 19.3. The van der Waals surface area contributed by atoms with Crippen LogP contribution in [0.5, 0.6) is 5.75 Å². The number of ether oxygens (including phenoxy) is 2. The molecule has 0 saturated heterocycles. The summed E-state index contributed by atoms with van der Waals surface area (Å²) in [5, 5.41) is 5.80.